The number of aliphatic hydroxyl groups excluding tert-OH is 1. The van der Waals surface area contributed by atoms with E-state index in [-0.39, 0.29) is 30.3 Å². The lowest BCUT2D eigenvalue weighted by molar-refractivity contribution is -0.0754. The molecule has 3 rings (SSSR count). The van der Waals surface area contributed by atoms with E-state index in [9.17, 15) is 9.90 Å². The third-order valence-electron chi connectivity index (χ3n) is 3.31. The van der Waals surface area contributed by atoms with Gasteiger partial charge in [0.15, 0.2) is 17.4 Å². The Morgan fingerprint density at radius 1 is 1.68 bits per heavy atom. The predicted octanol–water partition coefficient (Wildman–Crippen LogP) is -0.172. The summed E-state index contributed by atoms with van der Waals surface area (Å²) in [5, 5.41) is 12.9. The first-order chi connectivity index (χ1) is 10.6. The van der Waals surface area contributed by atoms with Gasteiger partial charge in [-0.1, -0.05) is 5.11 Å². The van der Waals surface area contributed by atoms with Gasteiger partial charge in [0.25, 0.3) is 5.56 Å². The van der Waals surface area contributed by atoms with Gasteiger partial charge in [-0.25, -0.2) is 4.98 Å². The first-order valence-electron chi connectivity index (χ1n) is 6.30. The molecule has 0 saturated carbocycles. The summed E-state index contributed by atoms with van der Waals surface area (Å²) in [5.41, 5.74) is 12.8. The Kier molecular flexibility index (Phi) is 3.29. The van der Waals surface area contributed by atoms with E-state index in [1.807, 2.05) is 0 Å². The summed E-state index contributed by atoms with van der Waals surface area (Å²) in [4.78, 5) is 24.8. The molecule has 11 heteroatoms. The second-order valence-electron chi connectivity index (χ2n) is 4.75. The average molecular weight is 304 g/mol. The van der Waals surface area contributed by atoms with Crippen LogP contribution >= 0.6 is 0 Å². The summed E-state index contributed by atoms with van der Waals surface area (Å²) in [6.07, 6.45) is 4.00. The molecule has 0 unspecified atom stereocenters. The standard InChI is InChI=1S/C11H12N8O3/c12-10-16-8-7(9(21)17-10)14-5-19(8)6-1-2-11(4-20,22-6)3-15-18-13/h1-2,5-6,20H,3-4H2,(H3,12,16,17,21)/t6-,11-/m1/s1. The molecular formula is C11H12N8O3. The number of nitrogens with one attached hydrogen (secondary N) is 1. The molecule has 114 valence electrons. The number of hydrogen-bond acceptors (Lipinski definition) is 7. The number of rotatable bonds is 4. The molecule has 4 N–H and O–H groups in total. The van der Waals surface area contributed by atoms with Crippen molar-refractivity contribution >= 4 is 17.1 Å². The lowest BCUT2D eigenvalue weighted by Crippen LogP contribution is -2.36. The molecule has 0 amide bonds. The van der Waals surface area contributed by atoms with Crippen molar-refractivity contribution in [3.63, 3.8) is 0 Å². The molecule has 11 nitrogen and oxygen atoms in total. The molecule has 2 atom stereocenters. The molecule has 0 saturated heterocycles. The van der Waals surface area contributed by atoms with Crippen LogP contribution in [0.4, 0.5) is 5.95 Å². The maximum absolute atomic E-state index is 11.7. The van der Waals surface area contributed by atoms with E-state index in [0.29, 0.717) is 0 Å². The number of ether oxygens (including phenoxy) is 1. The molecular weight excluding hydrogens is 292 g/mol. The molecule has 1 aliphatic rings. The third kappa shape index (κ3) is 2.19. The number of nitrogens with zero attached hydrogens (tertiary/aromatic N) is 6. The number of fused-ring (bicyclic) bond motifs is 1. The van der Waals surface area contributed by atoms with Gasteiger partial charge in [-0.3, -0.25) is 14.3 Å². The fourth-order valence-electron chi connectivity index (χ4n) is 2.24. The monoisotopic (exact) mass is 304 g/mol. The van der Waals surface area contributed by atoms with Gasteiger partial charge in [0.1, 0.15) is 5.60 Å². The van der Waals surface area contributed by atoms with Crippen molar-refractivity contribution in [1.29, 1.82) is 0 Å². The molecule has 1 aliphatic heterocycles. The summed E-state index contributed by atoms with van der Waals surface area (Å²) in [6.45, 7) is -0.419. The fraction of sp³-hybridized carbons (Fsp3) is 0.364. The Bertz CT molecular complexity index is 849. The zero-order valence-electron chi connectivity index (χ0n) is 11.2. The Morgan fingerprint density at radius 3 is 3.23 bits per heavy atom. The van der Waals surface area contributed by atoms with Crippen LogP contribution < -0.4 is 11.3 Å². The number of H-pyrrole nitrogens is 1. The minimum atomic E-state index is -1.11. The average Bonchev–Trinajstić information content (AvgIpc) is 3.09. The molecule has 0 spiro atoms. The summed E-state index contributed by atoms with van der Waals surface area (Å²) in [5.74, 6) is -0.0382. The highest BCUT2D eigenvalue weighted by Crippen LogP contribution is 2.31. The van der Waals surface area contributed by atoms with Crippen LogP contribution in [0.5, 0.6) is 0 Å². The molecule has 2 aromatic rings. The van der Waals surface area contributed by atoms with Crippen LogP contribution in [0.1, 0.15) is 6.23 Å². The molecule has 0 aromatic carbocycles. The van der Waals surface area contributed by atoms with E-state index in [2.05, 4.69) is 25.0 Å². The molecule has 2 aromatic heterocycles. The molecule has 0 aliphatic carbocycles. The van der Waals surface area contributed by atoms with Crippen LogP contribution in [-0.2, 0) is 4.74 Å². The Balaban J connectivity index is 1.99. The van der Waals surface area contributed by atoms with E-state index in [4.69, 9.17) is 16.0 Å². The number of aromatic amines is 1. The van der Waals surface area contributed by atoms with Gasteiger partial charge < -0.3 is 15.6 Å². The number of anilines is 1. The van der Waals surface area contributed by atoms with E-state index in [1.54, 1.807) is 12.2 Å². The van der Waals surface area contributed by atoms with E-state index in [0.717, 1.165) is 0 Å². The quantitative estimate of drug-likeness (QED) is 0.306. The Labute approximate surface area is 122 Å². The summed E-state index contributed by atoms with van der Waals surface area (Å²) in [7, 11) is 0. The first-order valence-corrected chi connectivity index (χ1v) is 6.30. The summed E-state index contributed by atoms with van der Waals surface area (Å²) < 4.78 is 7.24. The van der Waals surface area contributed by atoms with Gasteiger partial charge in [0, 0.05) is 4.91 Å². The number of aliphatic hydroxyl groups is 1. The predicted molar refractivity (Wildman–Crippen MR) is 75.7 cm³/mol. The van der Waals surface area contributed by atoms with Gasteiger partial charge in [-0.2, -0.15) is 4.98 Å². The van der Waals surface area contributed by atoms with Crippen molar-refractivity contribution in [3.05, 3.63) is 39.3 Å². The highest BCUT2D eigenvalue weighted by molar-refractivity contribution is 5.70. The van der Waals surface area contributed by atoms with Gasteiger partial charge in [0.2, 0.25) is 5.95 Å². The topological polar surface area (TPSA) is 168 Å². The van der Waals surface area contributed by atoms with Gasteiger partial charge in [0.05, 0.1) is 19.5 Å². The zero-order valence-corrected chi connectivity index (χ0v) is 11.2. The van der Waals surface area contributed by atoms with Crippen molar-refractivity contribution in [2.45, 2.75) is 11.8 Å². The molecule has 22 heavy (non-hydrogen) atoms. The van der Waals surface area contributed by atoms with Crippen LogP contribution in [0.25, 0.3) is 21.6 Å². The molecule has 0 bridgehead atoms. The number of hydrogen-bond donors (Lipinski definition) is 3. The largest absolute Gasteiger partial charge is 0.393 e. The highest BCUT2D eigenvalue weighted by Gasteiger charge is 2.36. The number of imidazole rings is 1. The van der Waals surface area contributed by atoms with Gasteiger partial charge in [-0.15, -0.1) is 0 Å². The Hall–Kier alpha value is -2.88. The van der Waals surface area contributed by atoms with Gasteiger partial charge in [-0.05, 0) is 17.7 Å². The van der Waals surface area contributed by atoms with Crippen molar-refractivity contribution in [3.8, 4) is 0 Å². The van der Waals surface area contributed by atoms with Crippen LogP contribution in [0.2, 0.25) is 0 Å². The molecule has 0 radical (unpaired) electrons. The molecule has 3 heterocycles. The fourth-order valence-corrected chi connectivity index (χ4v) is 2.24. The van der Waals surface area contributed by atoms with Crippen molar-refractivity contribution in [1.82, 2.24) is 19.5 Å². The summed E-state index contributed by atoms with van der Waals surface area (Å²) >= 11 is 0. The minimum absolute atomic E-state index is 0.0382. The maximum Gasteiger partial charge on any atom is 0.280 e. The number of aromatic nitrogens is 4. The summed E-state index contributed by atoms with van der Waals surface area (Å²) in [6, 6.07) is 0. The molecule has 0 fully saturated rings. The van der Waals surface area contributed by atoms with Crippen molar-refractivity contribution in [2.24, 2.45) is 5.11 Å². The van der Waals surface area contributed by atoms with E-state index < -0.39 is 17.4 Å². The normalized spacial score (nSPS) is 23.8. The lowest BCUT2D eigenvalue weighted by Gasteiger charge is -2.25. The maximum atomic E-state index is 11.7. The number of azide groups is 1. The van der Waals surface area contributed by atoms with Crippen LogP contribution in [0.15, 0.2) is 28.4 Å². The lowest BCUT2D eigenvalue weighted by atomic mass is 10.1. The van der Waals surface area contributed by atoms with E-state index >= 15 is 0 Å². The van der Waals surface area contributed by atoms with Crippen LogP contribution in [0, 0.1) is 0 Å². The minimum Gasteiger partial charge on any atom is -0.393 e. The number of nitrogens with two attached hydrogens (primary N) is 1. The van der Waals surface area contributed by atoms with Crippen LogP contribution in [0.3, 0.4) is 0 Å². The van der Waals surface area contributed by atoms with Crippen LogP contribution in [-0.4, -0.2) is 43.4 Å². The highest BCUT2D eigenvalue weighted by atomic mass is 16.5. The Morgan fingerprint density at radius 2 is 2.50 bits per heavy atom. The third-order valence-corrected chi connectivity index (χ3v) is 3.31. The van der Waals surface area contributed by atoms with Gasteiger partial charge >= 0.3 is 0 Å². The smallest absolute Gasteiger partial charge is 0.280 e. The first kappa shape index (κ1) is 14.1. The second-order valence-corrected chi connectivity index (χ2v) is 4.75. The zero-order chi connectivity index (χ0) is 15.7. The van der Waals surface area contributed by atoms with E-state index in [1.165, 1.54) is 10.9 Å². The second kappa shape index (κ2) is 5.15. The number of nitrogen functional groups attached to an aromatic ring is 1. The SMILES string of the molecule is [N-]=[N+]=NC[C@@]1(CO)C=C[C@H](n2cnc3c(=O)[nH]c(N)nc32)O1. The van der Waals surface area contributed by atoms with Crippen molar-refractivity contribution < 1.29 is 9.84 Å². The van der Waals surface area contributed by atoms with Crippen molar-refractivity contribution in [2.75, 3.05) is 18.9 Å².